The van der Waals surface area contributed by atoms with Gasteiger partial charge >= 0.3 is 0 Å². The summed E-state index contributed by atoms with van der Waals surface area (Å²) < 4.78 is 0. The lowest BCUT2D eigenvalue weighted by molar-refractivity contribution is -0.0578. The van der Waals surface area contributed by atoms with E-state index in [1.807, 2.05) is 24.3 Å². The quantitative estimate of drug-likeness (QED) is 0.722. The highest BCUT2D eigenvalue weighted by molar-refractivity contribution is 6.01. The molecule has 4 heteroatoms. The Morgan fingerprint density at radius 3 is 2.58 bits per heavy atom. The maximum absolute atomic E-state index is 6.96. The van der Waals surface area contributed by atoms with Crippen molar-refractivity contribution in [3.63, 3.8) is 0 Å². The third-order valence-electron chi connectivity index (χ3n) is 4.07. The van der Waals surface area contributed by atoms with Gasteiger partial charge in [0.25, 0.3) is 0 Å². The minimum atomic E-state index is -0.0830. The van der Waals surface area contributed by atoms with Gasteiger partial charge in [0.05, 0.1) is 12.3 Å². The molecule has 2 aliphatic heterocycles. The monoisotopic (exact) mass is 255 g/mol. The van der Waals surface area contributed by atoms with E-state index in [-0.39, 0.29) is 5.60 Å². The van der Waals surface area contributed by atoms with Gasteiger partial charge in [-0.1, -0.05) is 29.4 Å². The molecule has 0 saturated carbocycles. The van der Waals surface area contributed by atoms with Crippen LogP contribution in [0.3, 0.4) is 0 Å². The third kappa shape index (κ3) is 2.34. The van der Waals surface area contributed by atoms with Gasteiger partial charge in [-0.3, -0.25) is 0 Å². The van der Waals surface area contributed by atoms with Crippen molar-refractivity contribution >= 4 is 11.4 Å². The van der Waals surface area contributed by atoms with Crippen molar-refractivity contribution in [3.05, 3.63) is 41.2 Å². The number of hydrogen-bond donors (Lipinski definition) is 0. The van der Waals surface area contributed by atoms with E-state index in [4.69, 9.17) is 11.4 Å². The van der Waals surface area contributed by atoms with Crippen LogP contribution < -0.4 is 0 Å². The molecule has 98 valence electrons. The Morgan fingerprint density at radius 2 is 1.95 bits per heavy atom. The second-order valence-corrected chi connectivity index (χ2v) is 5.45. The number of rotatable bonds is 1. The first kappa shape index (κ1) is 12.2. The van der Waals surface area contributed by atoms with E-state index in [0.29, 0.717) is 5.69 Å². The smallest absolute Gasteiger partial charge is 0.187 e. The normalized spacial score (nSPS) is 21.8. The lowest BCUT2D eigenvalue weighted by Crippen LogP contribution is -2.42. The fraction of sp³-hybridized carbons (Fsp3) is 0.467. The molecule has 0 atom stereocenters. The molecule has 1 fully saturated rings. The average molecular weight is 255 g/mol. The molecule has 1 saturated heterocycles. The van der Waals surface area contributed by atoms with E-state index in [9.17, 15) is 0 Å². The van der Waals surface area contributed by atoms with Crippen LogP contribution in [0.5, 0.6) is 0 Å². The molecule has 3 rings (SSSR count). The Kier molecular flexibility index (Phi) is 3.00. The van der Waals surface area contributed by atoms with Gasteiger partial charge in [-0.05, 0) is 12.6 Å². The minimum Gasteiger partial charge on any atom is -0.388 e. The Hall–Kier alpha value is -1.86. The molecule has 0 unspecified atom stereocenters. The van der Waals surface area contributed by atoms with Crippen LogP contribution in [0.4, 0.5) is 5.69 Å². The summed E-state index contributed by atoms with van der Waals surface area (Å²) in [4.78, 5) is 11.5. The van der Waals surface area contributed by atoms with E-state index < -0.39 is 0 Å². The zero-order valence-electron chi connectivity index (χ0n) is 11.1. The summed E-state index contributed by atoms with van der Waals surface area (Å²) in [5, 5.41) is 4.28. The molecule has 0 aromatic heterocycles. The summed E-state index contributed by atoms with van der Waals surface area (Å²) in [7, 11) is 2.15. The number of likely N-dealkylation sites (tertiary alicyclic amines) is 1. The molecule has 1 aromatic carbocycles. The topological polar surface area (TPSA) is 29.2 Å². The summed E-state index contributed by atoms with van der Waals surface area (Å²) in [5.41, 5.74) is 2.67. The summed E-state index contributed by atoms with van der Waals surface area (Å²) in [6.45, 7) is 9.10. The highest BCUT2D eigenvalue weighted by atomic mass is 16.7. The zero-order valence-corrected chi connectivity index (χ0v) is 11.1. The van der Waals surface area contributed by atoms with Crippen LogP contribution in [0.25, 0.3) is 4.85 Å². The third-order valence-corrected chi connectivity index (χ3v) is 4.07. The van der Waals surface area contributed by atoms with Crippen LogP contribution in [0.15, 0.2) is 29.4 Å². The van der Waals surface area contributed by atoms with Gasteiger partial charge in [-0.25, -0.2) is 4.85 Å². The van der Waals surface area contributed by atoms with E-state index >= 15 is 0 Å². The van der Waals surface area contributed by atoms with Crippen molar-refractivity contribution in [2.45, 2.75) is 24.9 Å². The van der Waals surface area contributed by atoms with Gasteiger partial charge in [-0.2, -0.15) is 0 Å². The van der Waals surface area contributed by atoms with Gasteiger partial charge < -0.3 is 9.74 Å². The molecule has 1 spiro atoms. The molecule has 0 radical (unpaired) electrons. The van der Waals surface area contributed by atoms with Gasteiger partial charge in [0.1, 0.15) is 5.60 Å². The van der Waals surface area contributed by atoms with Crippen molar-refractivity contribution in [1.29, 1.82) is 0 Å². The molecular formula is C15H17N3O. The molecule has 0 N–H and O–H groups in total. The number of benzene rings is 1. The zero-order chi connectivity index (χ0) is 13.3. The highest BCUT2D eigenvalue weighted by Gasteiger charge is 2.41. The second kappa shape index (κ2) is 4.67. The highest BCUT2D eigenvalue weighted by Crippen LogP contribution is 2.35. The Morgan fingerprint density at radius 1 is 1.26 bits per heavy atom. The SMILES string of the molecule is [C-]#[N+]c1ccc(C2=NOC3(CCN(C)CC3)C2)cc1. The van der Waals surface area contributed by atoms with Crippen LogP contribution in [-0.2, 0) is 4.84 Å². The lowest BCUT2D eigenvalue weighted by atomic mass is 9.85. The van der Waals surface area contributed by atoms with E-state index in [0.717, 1.165) is 43.6 Å². The Bertz CT molecular complexity index is 534. The van der Waals surface area contributed by atoms with E-state index in [1.165, 1.54) is 0 Å². The number of oxime groups is 1. The van der Waals surface area contributed by atoms with E-state index in [2.05, 4.69) is 21.9 Å². The van der Waals surface area contributed by atoms with E-state index in [1.54, 1.807) is 0 Å². The first-order valence-electron chi connectivity index (χ1n) is 6.62. The number of piperidine rings is 1. The fourth-order valence-corrected chi connectivity index (χ4v) is 2.70. The van der Waals surface area contributed by atoms with Crippen molar-refractivity contribution in [1.82, 2.24) is 4.90 Å². The molecule has 0 bridgehead atoms. The predicted molar refractivity (Wildman–Crippen MR) is 74.4 cm³/mol. The van der Waals surface area contributed by atoms with Crippen molar-refractivity contribution in [3.8, 4) is 0 Å². The van der Waals surface area contributed by atoms with Crippen molar-refractivity contribution in [2.75, 3.05) is 20.1 Å². The Labute approximate surface area is 113 Å². The summed E-state index contributed by atoms with van der Waals surface area (Å²) in [6.07, 6.45) is 2.96. The molecule has 1 aromatic rings. The minimum absolute atomic E-state index is 0.0830. The largest absolute Gasteiger partial charge is 0.388 e. The molecule has 2 heterocycles. The fourth-order valence-electron chi connectivity index (χ4n) is 2.70. The predicted octanol–water partition coefficient (Wildman–Crippen LogP) is 2.83. The first-order valence-corrected chi connectivity index (χ1v) is 6.62. The maximum atomic E-state index is 6.96. The maximum Gasteiger partial charge on any atom is 0.187 e. The number of hydrogen-bond acceptors (Lipinski definition) is 3. The van der Waals surface area contributed by atoms with Gasteiger partial charge in [0.2, 0.25) is 0 Å². The van der Waals surface area contributed by atoms with Crippen LogP contribution in [0.2, 0.25) is 0 Å². The van der Waals surface area contributed by atoms with Crippen LogP contribution in [0.1, 0.15) is 24.8 Å². The van der Waals surface area contributed by atoms with Gasteiger partial charge in [0.15, 0.2) is 5.69 Å². The second-order valence-electron chi connectivity index (χ2n) is 5.45. The van der Waals surface area contributed by atoms with Crippen molar-refractivity contribution in [2.24, 2.45) is 5.16 Å². The summed E-state index contributed by atoms with van der Waals surface area (Å²) in [6, 6.07) is 7.60. The molecule has 0 aliphatic carbocycles. The lowest BCUT2D eigenvalue weighted by Gasteiger charge is -2.35. The number of nitrogens with zero attached hydrogens (tertiary/aromatic N) is 3. The van der Waals surface area contributed by atoms with Gasteiger partial charge in [0, 0.05) is 32.4 Å². The average Bonchev–Trinajstić information content (AvgIpc) is 2.87. The molecular weight excluding hydrogens is 238 g/mol. The molecule has 19 heavy (non-hydrogen) atoms. The molecule has 0 amide bonds. The van der Waals surface area contributed by atoms with Crippen molar-refractivity contribution < 1.29 is 4.84 Å². The summed E-state index contributed by atoms with van der Waals surface area (Å²) in [5.74, 6) is 0. The van der Waals surface area contributed by atoms with Gasteiger partial charge in [-0.15, -0.1) is 0 Å². The van der Waals surface area contributed by atoms with Crippen LogP contribution in [-0.4, -0.2) is 36.3 Å². The Balaban J connectivity index is 1.73. The first-order chi connectivity index (χ1) is 9.21. The van der Waals surface area contributed by atoms with Crippen LogP contribution >= 0.6 is 0 Å². The van der Waals surface area contributed by atoms with Crippen LogP contribution in [0, 0.1) is 6.57 Å². The molecule has 2 aliphatic rings. The molecule has 4 nitrogen and oxygen atoms in total. The summed E-state index contributed by atoms with van der Waals surface area (Å²) >= 11 is 0. The standard InChI is InChI=1S/C15H17N3O/c1-16-13-5-3-12(4-6-13)14-11-15(19-17-14)7-9-18(2)10-8-15/h3-6H,7-11H2,2H3.